The summed E-state index contributed by atoms with van der Waals surface area (Å²) < 4.78 is 0. The highest BCUT2D eigenvalue weighted by Gasteiger charge is 2.17. The van der Waals surface area contributed by atoms with Crippen molar-refractivity contribution in [2.45, 2.75) is 13.8 Å². The first kappa shape index (κ1) is 14.1. The van der Waals surface area contributed by atoms with Gasteiger partial charge in [-0.25, -0.2) is 0 Å². The molecule has 0 bridgehead atoms. The minimum Gasteiger partial charge on any atom is -0.323 e. The van der Waals surface area contributed by atoms with Crippen molar-refractivity contribution in [2.24, 2.45) is 5.84 Å². The van der Waals surface area contributed by atoms with E-state index in [0.717, 1.165) is 16.8 Å². The lowest BCUT2D eigenvalue weighted by Crippen LogP contribution is -2.27. The van der Waals surface area contributed by atoms with Crippen LogP contribution in [0.1, 0.15) is 21.5 Å². The molecule has 0 heterocycles. The second-order valence-corrected chi connectivity index (χ2v) is 4.90. The third-order valence-corrected chi connectivity index (χ3v) is 3.25. The number of hydrogen-bond acceptors (Lipinski definition) is 3. The van der Waals surface area contributed by atoms with Gasteiger partial charge in [0.1, 0.15) is 0 Å². The fourth-order valence-corrected chi connectivity index (χ4v) is 2.10. The van der Waals surface area contributed by atoms with Crippen LogP contribution >= 0.6 is 0 Å². The molecule has 0 saturated heterocycles. The number of benzene rings is 2. The molecule has 20 heavy (non-hydrogen) atoms. The molecular weight excluding hydrogens is 250 g/mol. The van der Waals surface area contributed by atoms with Crippen LogP contribution in [0.4, 0.5) is 11.4 Å². The Labute approximate surface area is 119 Å². The molecule has 0 aliphatic rings. The first-order valence-corrected chi connectivity index (χ1v) is 6.45. The standard InChI is InChI=1S/C16H19N3O/c1-11-5-4-6-13(9-11)19(3)16(20)14-10-12(2)7-8-15(14)18-17/h4-10,18H,17H2,1-3H3. The Balaban J connectivity index is 2.38. The molecule has 2 aromatic rings. The molecule has 0 spiro atoms. The van der Waals surface area contributed by atoms with E-state index < -0.39 is 0 Å². The summed E-state index contributed by atoms with van der Waals surface area (Å²) in [5.41, 5.74) is 6.76. The maximum absolute atomic E-state index is 12.6. The zero-order valence-electron chi connectivity index (χ0n) is 12.0. The fraction of sp³-hybridized carbons (Fsp3) is 0.188. The van der Waals surface area contributed by atoms with Crippen molar-refractivity contribution in [3.63, 3.8) is 0 Å². The Bertz CT molecular complexity index is 637. The highest BCUT2D eigenvalue weighted by molar-refractivity contribution is 6.09. The molecule has 0 aliphatic carbocycles. The summed E-state index contributed by atoms with van der Waals surface area (Å²) >= 11 is 0. The topological polar surface area (TPSA) is 58.4 Å². The maximum Gasteiger partial charge on any atom is 0.260 e. The van der Waals surface area contributed by atoms with E-state index in [4.69, 9.17) is 5.84 Å². The van der Waals surface area contributed by atoms with E-state index in [1.807, 2.05) is 56.3 Å². The number of nitrogens with two attached hydrogens (primary N) is 1. The van der Waals surface area contributed by atoms with Gasteiger partial charge in [0.15, 0.2) is 0 Å². The number of carbonyl (C=O) groups is 1. The van der Waals surface area contributed by atoms with Crippen LogP contribution in [-0.4, -0.2) is 13.0 Å². The number of anilines is 2. The van der Waals surface area contributed by atoms with Crippen molar-refractivity contribution < 1.29 is 4.79 Å². The summed E-state index contributed by atoms with van der Waals surface area (Å²) in [6.07, 6.45) is 0. The molecule has 0 atom stereocenters. The third kappa shape index (κ3) is 2.81. The number of amides is 1. The predicted molar refractivity (Wildman–Crippen MR) is 82.9 cm³/mol. The second kappa shape index (κ2) is 5.75. The average molecular weight is 269 g/mol. The summed E-state index contributed by atoms with van der Waals surface area (Å²) in [4.78, 5) is 14.2. The second-order valence-electron chi connectivity index (χ2n) is 4.90. The molecular formula is C16H19N3O. The van der Waals surface area contributed by atoms with Gasteiger partial charge >= 0.3 is 0 Å². The van der Waals surface area contributed by atoms with Gasteiger partial charge in [-0.05, 0) is 43.7 Å². The minimum absolute atomic E-state index is 0.0905. The van der Waals surface area contributed by atoms with E-state index in [9.17, 15) is 4.79 Å². The van der Waals surface area contributed by atoms with Gasteiger partial charge in [-0.3, -0.25) is 10.6 Å². The lowest BCUT2D eigenvalue weighted by molar-refractivity contribution is 0.0993. The number of nitrogens with zero attached hydrogens (tertiary/aromatic N) is 1. The zero-order chi connectivity index (χ0) is 14.7. The SMILES string of the molecule is Cc1cccc(N(C)C(=O)c2cc(C)ccc2NN)c1. The zero-order valence-corrected chi connectivity index (χ0v) is 12.0. The summed E-state index contributed by atoms with van der Waals surface area (Å²) in [5, 5.41) is 0. The van der Waals surface area contributed by atoms with Gasteiger partial charge in [0.2, 0.25) is 0 Å². The van der Waals surface area contributed by atoms with Gasteiger partial charge in [-0.15, -0.1) is 0 Å². The number of hydrogen-bond donors (Lipinski definition) is 2. The molecule has 104 valence electrons. The van der Waals surface area contributed by atoms with E-state index >= 15 is 0 Å². The van der Waals surface area contributed by atoms with Gasteiger partial charge in [0.25, 0.3) is 5.91 Å². The van der Waals surface area contributed by atoms with Crippen molar-refractivity contribution in [3.8, 4) is 0 Å². The lowest BCUT2D eigenvalue weighted by atomic mass is 10.1. The largest absolute Gasteiger partial charge is 0.323 e. The van der Waals surface area contributed by atoms with Crippen molar-refractivity contribution >= 4 is 17.3 Å². The average Bonchev–Trinajstić information content (AvgIpc) is 2.45. The number of aryl methyl sites for hydroxylation is 2. The summed E-state index contributed by atoms with van der Waals surface area (Å²) in [6.45, 7) is 3.95. The molecule has 3 N–H and O–H groups in total. The van der Waals surface area contributed by atoms with Crippen LogP contribution < -0.4 is 16.2 Å². The quantitative estimate of drug-likeness (QED) is 0.665. The number of nitrogen functional groups attached to an aromatic ring is 1. The monoisotopic (exact) mass is 269 g/mol. The number of nitrogens with one attached hydrogen (secondary N) is 1. The van der Waals surface area contributed by atoms with Crippen LogP contribution in [0.2, 0.25) is 0 Å². The van der Waals surface area contributed by atoms with Crippen molar-refractivity contribution in [2.75, 3.05) is 17.4 Å². The molecule has 0 aliphatic heterocycles. The molecule has 1 amide bonds. The molecule has 0 radical (unpaired) electrons. The molecule has 2 aromatic carbocycles. The van der Waals surface area contributed by atoms with E-state index in [-0.39, 0.29) is 5.91 Å². The maximum atomic E-state index is 12.6. The van der Waals surface area contributed by atoms with Gasteiger partial charge < -0.3 is 10.3 Å². The van der Waals surface area contributed by atoms with Crippen LogP contribution in [0.15, 0.2) is 42.5 Å². The Morgan fingerprint density at radius 2 is 1.80 bits per heavy atom. The van der Waals surface area contributed by atoms with Gasteiger partial charge in [-0.1, -0.05) is 23.8 Å². The lowest BCUT2D eigenvalue weighted by Gasteiger charge is -2.20. The number of carbonyl (C=O) groups excluding carboxylic acids is 1. The van der Waals surface area contributed by atoms with Gasteiger partial charge in [0, 0.05) is 12.7 Å². The normalized spacial score (nSPS) is 10.2. The summed E-state index contributed by atoms with van der Waals surface area (Å²) in [6, 6.07) is 13.4. The fourth-order valence-electron chi connectivity index (χ4n) is 2.10. The molecule has 0 aromatic heterocycles. The smallest absolute Gasteiger partial charge is 0.260 e. The summed E-state index contributed by atoms with van der Waals surface area (Å²) in [7, 11) is 1.76. The van der Waals surface area contributed by atoms with Crippen LogP contribution in [0.3, 0.4) is 0 Å². The molecule has 4 nitrogen and oxygen atoms in total. The van der Waals surface area contributed by atoms with Gasteiger partial charge in [-0.2, -0.15) is 0 Å². The minimum atomic E-state index is -0.0905. The Hall–Kier alpha value is -2.33. The van der Waals surface area contributed by atoms with E-state index in [2.05, 4.69) is 5.43 Å². The first-order valence-electron chi connectivity index (χ1n) is 6.45. The van der Waals surface area contributed by atoms with Crippen LogP contribution in [0, 0.1) is 13.8 Å². The van der Waals surface area contributed by atoms with Crippen molar-refractivity contribution in [1.29, 1.82) is 0 Å². The summed E-state index contributed by atoms with van der Waals surface area (Å²) in [5.74, 6) is 5.39. The molecule has 0 unspecified atom stereocenters. The van der Waals surface area contributed by atoms with Crippen LogP contribution in [0.5, 0.6) is 0 Å². The van der Waals surface area contributed by atoms with E-state index in [1.54, 1.807) is 11.9 Å². The Kier molecular flexibility index (Phi) is 4.05. The Morgan fingerprint density at radius 1 is 1.10 bits per heavy atom. The van der Waals surface area contributed by atoms with Crippen LogP contribution in [-0.2, 0) is 0 Å². The van der Waals surface area contributed by atoms with E-state index in [0.29, 0.717) is 11.3 Å². The van der Waals surface area contributed by atoms with E-state index in [1.165, 1.54) is 0 Å². The number of hydrazine groups is 1. The third-order valence-electron chi connectivity index (χ3n) is 3.25. The Morgan fingerprint density at radius 3 is 2.45 bits per heavy atom. The highest BCUT2D eigenvalue weighted by atomic mass is 16.2. The van der Waals surface area contributed by atoms with Crippen molar-refractivity contribution in [1.82, 2.24) is 0 Å². The molecule has 2 rings (SSSR count). The number of rotatable bonds is 3. The highest BCUT2D eigenvalue weighted by Crippen LogP contribution is 2.22. The molecule has 4 heteroatoms. The van der Waals surface area contributed by atoms with Crippen molar-refractivity contribution in [3.05, 3.63) is 59.2 Å². The first-order chi connectivity index (χ1) is 9.52. The molecule has 0 saturated carbocycles. The molecule has 0 fully saturated rings. The van der Waals surface area contributed by atoms with Gasteiger partial charge in [0.05, 0.1) is 11.3 Å². The predicted octanol–water partition coefficient (Wildman–Crippen LogP) is 2.87. The van der Waals surface area contributed by atoms with Crippen LogP contribution in [0.25, 0.3) is 0 Å².